The van der Waals surface area contributed by atoms with Gasteiger partial charge in [-0.05, 0) is 36.4 Å². The standard InChI is InChI=1S/C19H21N3O6S/c1-22(2)19(25)14-8-10-15(11-9-14)21-17(23)13-28-18(24)12-20-29(26,27)16-6-4-3-5-7-16/h3-11,20H,12-13H2,1-2H3,(H,21,23). The van der Waals surface area contributed by atoms with E-state index >= 15 is 0 Å². The topological polar surface area (TPSA) is 122 Å². The van der Waals surface area contributed by atoms with Crippen molar-refractivity contribution < 1.29 is 27.5 Å². The van der Waals surface area contributed by atoms with Crippen LogP contribution in [-0.2, 0) is 24.3 Å². The molecule has 0 radical (unpaired) electrons. The van der Waals surface area contributed by atoms with E-state index in [1.807, 2.05) is 0 Å². The number of carbonyl (C=O) groups excluding carboxylic acids is 3. The fraction of sp³-hybridized carbons (Fsp3) is 0.211. The number of nitrogens with one attached hydrogen (secondary N) is 2. The van der Waals surface area contributed by atoms with Crippen LogP contribution in [0.2, 0.25) is 0 Å². The van der Waals surface area contributed by atoms with Crippen LogP contribution in [0, 0.1) is 0 Å². The summed E-state index contributed by atoms with van der Waals surface area (Å²) >= 11 is 0. The van der Waals surface area contributed by atoms with Crippen LogP contribution in [-0.4, -0.2) is 58.3 Å². The Morgan fingerprint density at radius 2 is 1.59 bits per heavy atom. The molecule has 0 saturated heterocycles. The van der Waals surface area contributed by atoms with E-state index in [9.17, 15) is 22.8 Å². The summed E-state index contributed by atoms with van der Waals surface area (Å²) in [6.45, 7) is -1.18. The first-order chi connectivity index (χ1) is 13.7. The van der Waals surface area contributed by atoms with Gasteiger partial charge < -0.3 is 15.0 Å². The van der Waals surface area contributed by atoms with Crippen molar-refractivity contribution in [2.75, 3.05) is 32.6 Å². The first-order valence-corrected chi connectivity index (χ1v) is 9.99. The Balaban J connectivity index is 1.79. The summed E-state index contributed by atoms with van der Waals surface area (Å²) in [4.78, 5) is 36.8. The van der Waals surface area contributed by atoms with Gasteiger partial charge in [0.2, 0.25) is 10.0 Å². The maximum Gasteiger partial charge on any atom is 0.321 e. The lowest BCUT2D eigenvalue weighted by atomic mass is 10.2. The lowest BCUT2D eigenvalue weighted by Crippen LogP contribution is -2.32. The Kier molecular flexibility index (Phi) is 7.46. The Morgan fingerprint density at radius 1 is 0.966 bits per heavy atom. The van der Waals surface area contributed by atoms with Gasteiger partial charge in [0.15, 0.2) is 6.61 Å². The van der Waals surface area contributed by atoms with Gasteiger partial charge in [-0.1, -0.05) is 18.2 Å². The van der Waals surface area contributed by atoms with Crippen LogP contribution in [0.4, 0.5) is 5.69 Å². The number of hydrogen-bond acceptors (Lipinski definition) is 6. The Hall–Kier alpha value is -3.24. The molecule has 0 fully saturated rings. The normalized spacial score (nSPS) is 10.8. The molecule has 10 heteroatoms. The zero-order valence-corrected chi connectivity index (χ0v) is 16.7. The molecule has 2 N–H and O–H groups in total. The number of carbonyl (C=O) groups is 3. The highest BCUT2D eigenvalue weighted by Gasteiger charge is 2.16. The van der Waals surface area contributed by atoms with Crippen LogP contribution in [0.1, 0.15) is 10.4 Å². The van der Waals surface area contributed by atoms with E-state index in [1.165, 1.54) is 17.0 Å². The third-order valence-electron chi connectivity index (χ3n) is 3.65. The van der Waals surface area contributed by atoms with Crippen LogP contribution in [0.5, 0.6) is 0 Å². The minimum atomic E-state index is -3.84. The molecule has 29 heavy (non-hydrogen) atoms. The quantitative estimate of drug-likeness (QED) is 0.612. The van der Waals surface area contributed by atoms with Crippen molar-refractivity contribution in [2.45, 2.75) is 4.90 Å². The van der Waals surface area contributed by atoms with E-state index in [0.717, 1.165) is 0 Å². The Labute approximate surface area is 168 Å². The number of ether oxygens (including phenoxy) is 1. The number of amides is 2. The van der Waals surface area contributed by atoms with Gasteiger partial charge in [0.1, 0.15) is 6.54 Å². The maximum absolute atomic E-state index is 12.0. The van der Waals surface area contributed by atoms with Crippen LogP contribution in [0.25, 0.3) is 0 Å². The molecule has 0 saturated carbocycles. The molecule has 0 heterocycles. The molecule has 2 aromatic carbocycles. The predicted octanol–water partition coefficient (Wildman–Crippen LogP) is 0.849. The number of hydrogen-bond donors (Lipinski definition) is 2. The van der Waals surface area contributed by atoms with Crippen molar-refractivity contribution >= 4 is 33.5 Å². The average molecular weight is 419 g/mol. The fourth-order valence-corrected chi connectivity index (χ4v) is 3.18. The van der Waals surface area contributed by atoms with E-state index in [4.69, 9.17) is 4.74 Å². The van der Waals surface area contributed by atoms with Crippen molar-refractivity contribution in [3.63, 3.8) is 0 Å². The second-order valence-electron chi connectivity index (χ2n) is 6.12. The monoisotopic (exact) mass is 419 g/mol. The summed E-state index contributed by atoms with van der Waals surface area (Å²) in [5.41, 5.74) is 0.885. The highest BCUT2D eigenvalue weighted by molar-refractivity contribution is 7.89. The number of anilines is 1. The van der Waals surface area contributed by atoms with Crippen molar-refractivity contribution in [1.82, 2.24) is 9.62 Å². The highest BCUT2D eigenvalue weighted by Crippen LogP contribution is 2.11. The number of rotatable bonds is 8. The molecule has 0 aliphatic heterocycles. The third kappa shape index (κ3) is 6.70. The average Bonchev–Trinajstić information content (AvgIpc) is 2.71. The largest absolute Gasteiger partial charge is 0.455 e. The molecule has 9 nitrogen and oxygen atoms in total. The van der Waals surface area contributed by atoms with Crippen LogP contribution in [0.15, 0.2) is 59.5 Å². The van der Waals surface area contributed by atoms with Gasteiger partial charge in [-0.2, -0.15) is 4.72 Å². The Morgan fingerprint density at radius 3 is 2.17 bits per heavy atom. The maximum atomic E-state index is 12.0. The summed E-state index contributed by atoms with van der Waals surface area (Å²) in [5.74, 6) is -1.67. The zero-order chi connectivity index (χ0) is 21.4. The molecular formula is C19H21N3O6S. The second-order valence-corrected chi connectivity index (χ2v) is 7.89. The van der Waals surface area contributed by atoms with Gasteiger partial charge in [-0.3, -0.25) is 14.4 Å². The molecule has 0 unspecified atom stereocenters. The second kappa shape index (κ2) is 9.80. The molecule has 0 aliphatic rings. The number of benzene rings is 2. The molecule has 2 rings (SSSR count). The smallest absolute Gasteiger partial charge is 0.321 e. The lowest BCUT2D eigenvalue weighted by molar-refractivity contribution is -0.146. The molecule has 2 amide bonds. The third-order valence-corrected chi connectivity index (χ3v) is 5.06. The van der Waals surface area contributed by atoms with Gasteiger partial charge in [0.05, 0.1) is 4.90 Å². The number of esters is 1. The number of nitrogens with zero attached hydrogens (tertiary/aromatic N) is 1. The predicted molar refractivity (Wildman–Crippen MR) is 106 cm³/mol. The van der Waals surface area contributed by atoms with Crippen molar-refractivity contribution in [3.8, 4) is 0 Å². The molecule has 0 bridgehead atoms. The number of sulfonamides is 1. The molecule has 154 valence electrons. The van der Waals surface area contributed by atoms with Crippen molar-refractivity contribution in [2.24, 2.45) is 0 Å². The highest BCUT2D eigenvalue weighted by atomic mass is 32.2. The first-order valence-electron chi connectivity index (χ1n) is 8.51. The zero-order valence-electron chi connectivity index (χ0n) is 15.9. The summed E-state index contributed by atoms with van der Waals surface area (Å²) in [6, 6.07) is 13.8. The lowest BCUT2D eigenvalue weighted by Gasteiger charge is -2.11. The molecular weight excluding hydrogens is 398 g/mol. The molecule has 2 aromatic rings. The summed E-state index contributed by atoms with van der Waals surface area (Å²) in [6.07, 6.45) is 0. The minimum absolute atomic E-state index is 0.0155. The summed E-state index contributed by atoms with van der Waals surface area (Å²) in [5, 5.41) is 2.51. The fourth-order valence-electron chi connectivity index (χ4n) is 2.19. The van der Waals surface area contributed by atoms with Crippen LogP contribution >= 0.6 is 0 Å². The van der Waals surface area contributed by atoms with E-state index in [0.29, 0.717) is 11.3 Å². The van der Waals surface area contributed by atoms with Gasteiger partial charge in [-0.25, -0.2) is 8.42 Å². The Bertz CT molecular complexity index is 973. The molecule has 0 aliphatic carbocycles. The summed E-state index contributed by atoms with van der Waals surface area (Å²) in [7, 11) is -0.580. The molecule has 0 atom stereocenters. The minimum Gasteiger partial charge on any atom is -0.455 e. The van der Waals surface area contributed by atoms with Crippen LogP contribution < -0.4 is 10.0 Å². The van der Waals surface area contributed by atoms with Crippen LogP contribution in [0.3, 0.4) is 0 Å². The van der Waals surface area contributed by atoms with Crippen molar-refractivity contribution in [3.05, 3.63) is 60.2 Å². The van der Waals surface area contributed by atoms with E-state index < -0.39 is 35.1 Å². The van der Waals surface area contributed by atoms with Gasteiger partial charge in [0, 0.05) is 25.3 Å². The van der Waals surface area contributed by atoms with Crippen molar-refractivity contribution in [1.29, 1.82) is 0 Å². The molecule has 0 spiro atoms. The SMILES string of the molecule is CN(C)C(=O)c1ccc(NC(=O)COC(=O)CNS(=O)(=O)c2ccccc2)cc1. The first kappa shape index (κ1) is 22.1. The van der Waals surface area contributed by atoms with Gasteiger partial charge in [-0.15, -0.1) is 0 Å². The summed E-state index contributed by atoms with van der Waals surface area (Å²) < 4.78 is 30.9. The van der Waals surface area contributed by atoms with E-state index in [-0.39, 0.29) is 10.8 Å². The van der Waals surface area contributed by atoms with Gasteiger partial charge in [0.25, 0.3) is 11.8 Å². The van der Waals surface area contributed by atoms with Gasteiger partial charge >= 0.3 is 5.97 Å². The molecule has 0 aromatic heterocycles. The van der Waals surface area contributed by atoms with E-state index in [1.54, 1.807) is 56.6 Å². The van der Waals surface area contributed by atoms with E-state index in [2.05, 4.69) is 10.0 Å².